The lowest BCUT2D eigenvalue weighted by molar-refractivity contribution is 0.0622. The molecule has 0 aliphatic heterocycles. The molecule has 1 aromatic heterocycles. The van der Waals surface area contributed by atoms with Gasteiger partial charge in [-0.05, 0) is 0 Å². The topological polar surface area (TPSA) is 38.1 Å². The van der Waals surface area contributed by atoms with E-state index in [-0.39, 0.29) is 5.82 Å². The van der Waals surface area contributed by atoms with Gasteiger partial charge in [-0.2, -0.15) is 8.78 Å². The van der Waals surface area contributed by atoms with Crippen molar-refractivity contribution in [1.29, 1.82) is 0 Å². The van der Waals surface area contributed by atoms with E-state index < -0.39 is 13.2 Å². The summed E-state index contributed by atoms with van der Waals surface area (Å²) in [5.74, 6) is -0.0185. The molecule has 1 aromatic rings. The van der Waals surface area contributed by atoms with Crippen molar-refractivity contribution in [2.45, 2.75) is 13.2 Å². The van der Waals surface area contributed by atoms with Crippen molar-refractivity contribution in [3.8, 4) is 0 Å². The molecule has 1 rings (SSSR count). The molecule has 0 radical (unpaired) electrons. The Morgan fingerprint density at radius 3 is 2.80 bits per heavy atom. The third-order valence-electron chi connectivity index (χ3n) is 1.10. The summed E-state index contributed by atoms with van der Waals surface area (Å²) in [6, 6.07) is 0. The summed E-state index contributed by atoms with van der Waals surface area (Å²) in [5.41, 5.74) is 0. The molecule has 1 N–H and O–H groups in total. The zero-order valence-electron chi connectivity index (χ0n) is 5.04. The second-order valence-corrected chi connectivity index (χ2v) is 1.69. The third-order valence-corrected chi connectivity index (χ3v) is 1.10. The van der Waals surface area contributed by atoms with Gasteiger partial charge in [-0.1, -0.05) is 0 Å². The molecular weight excluding hydrogens is 142 g/mol. The van der Waals surface area contributed by atoms with Crippen molar-refractivity contribution in [1.82, 2.24) is 9.55 Å². The second kappa shape index (κ2) is 2.74. The summed E-state index contributed by atoms with van der Waals surface area (Å²) in [5, 5.41) is 8.44. The van der Waals surface area contributed by atoms with Gasteiger partial charge in [0.1, 0.15) is 12.4 Å². The van der Waals surface area contributed by atoms with E-state index in [1.54, 1.807) is 0 Å². The quantitative estimate of drug-likeness (QED) is 0.672. The van der Waals surface area contributed by atoms with E-state index in [0.717, 1.165) is 6.20 Å². The first-order valence-corrected chi connectivity index (χ1v) is 2.66. The molecule has 0 amide bonds. The second-order valence-electron chi connectivity index (χ2n) is 1.69. The van der Waals surface area contributed by atoms with Gasteiger partial charge in [0, 0.05) is 12.4 Å². The largest absolute Gasteiger partial charge is 0.388 e. The first-order valence-electron chi connectivity index (χ1n) is 2.66. The fourth-order valence-electron chi connectivity index (χ4n) is 0.644. The highest BCUT2D eigenvalue weighted by Crippen LogP contribution is 2.11. The van der Waals surface area contributed by atoms with E-state index >= 15 is 0 Å². The van der Waals surface area contributed by atoms with Crippen molar-refractivity contribution < 1.29 is 13.9 Å². The zero-order chi connectivity index (χ0) is 7.56. The molecule has 0 saturated heterocycles. The van der Waals surface area contributed by atoms with E-state index in [1.807, 2.05) is 0 Å². The van der Waals surface area contributed by atoms with Crippen LogP contribution in [0, 0.1) is 0 Å². The number of aliphatic hydroxyl groups is 1. The monoisotopic (exact) mass is 148 g/mol. The van der Waals surface area contributed by atoms with Crippen molar-refractivity contribution in [3.05, 3.63) is 18.2 Å². The Morgan fingerprint density at radius 2 is 2.40 bits per heavy atom. The first-order chi connectivity index (χ1) is 4.75. The molecule has 3 nitrogen and oxygen atoms in total. The standard InChI is InChI=1S/C5H6F2N2O/c6-5(7)9-2-1-8-4(9)3-10/h1-2,5,10H,3H2. The predicted molar refractivity (Wildman–Crippen MR) is 29.4 cm³/mol. The molecule has 0 bridgehead atoms. The molecule has 0 atom stereocenters. The number of hydrogen-bond donors (Lipinski definition) is 1. The van der Waals surface area contributed by atoms with Crippen LogP contribution < -0.4 is 0 Å². The number of nitrogens with zero attached hydrogens (tertiary/aromatic N) is 2. The summed E-state index contributed by atoms with van der Waals surface area (Å²) in [4.78, 5) is 3.49. The minimum Gasteiger partial charge on any atom is -0.388 e. The summed E-state index contributed by atoms with van der Waals surface area (Å²) in [6.45, 7) is -3.08. The van der Waals surface area contributed by atoms with Gasteiger partial charge in [0.2, 0.25) is 0 Å². The van der Waals surface area contributed by atoms with Crippen LogP contribution in [0.3, 0.4) is 0 Å². The van der Waals surface area contributed by atoms with Gasteiger partial charge in [0.05, 0.1) is 0 Å². The number of hydrogen-bond acceptors (Lipinski definition) is 2. The van der Waals surface area contributed by atoms with E-state index in [0.29, 0.717) is 4.57 Å². The van der Waals surface area contributed by atoms with Crippen molar-refractivity contribution >= 4 is 0 Å². The molecule has 0 aliphatic carbocycles. The lowest BCUT2D eigenvalue weighted by atomic mass is 10.6. The number of aliphatic hydroxyl groups excluding tert-OH is 1. The average Bonchev–Trinajstić information content (AvgIpc) is 2.33. The maximum atomic E-state index is 11.9. The van der Waals surface area contributed by atoms with Crippen LogP contribution in [-0.4, -0.2) is 14.7 Å². The Hall–Kier alpha value is -0.970. The molecule has 1 heterocycles. The predicted octanol–water partition coefficient (Wildman–Crippen LogP) is 0.771. The highest BCUT2D eigenvalue weighted by Gasteiger charge is 2.08. The molecule has 0 fully saturated rings. The number of rotatable bonds is 2. The highest BCUT2D eigenvalue weighted by atomic mass is 19.3. The fraction of sp³-hybridized carbons (Fsp3) is 0.400. The van der Waals surface area contributed by atoms with Gasteiger partial charge in [-0.3, -0.25) is 4.57 Å². The third kappa shape index (κ3) is 1.13. The number of imidazole rings is 1. The molecule has 0 aromatic carbocycles. The number of aromatic nitrogens is 2. The summed E-state index contributed by atoms with van der Waals surface area (Å²) >= 11 is 0. The van der Waals surface area contributed by atoms with Crippen LogP contribution in [0.4, 0.5) is 8.78 Å². The van der Waals surface area contributed by atoms with Gasteiger partial charge in [-0.15, -0.1) is 0 Å². The van der Waals surface area contributed by atoms with Gasteiger partial charge in [-0.25, -0.2) is 4.98 Å². The Balaban J connectivity index is 2.90. The van der Waals surface area contributed by atoms with E-state index in [9.17, 15) is 8.78 Å². The molecule has 5 heteroatoms. The summed E-state index contributed by atoms with van der Waals surface area (Å²) in [6.07, 6.45) is 2.34. The Bertz CT molecular complexity index is 211. The van der Waals surface area contributed by atoms with Gasteiger partial charge in [0.25, 0.3) is 0 Å². The van der Waals surface area contributed by atoms with Crippen LogP contribution in [0.2, 0.25) is 0 Å². The molecule has 0 aliphatic rings. The smallest absolute Gasteiger partial charge is 0.320 e. The molecule has 56 valence electrons. The normalized spacial score (nSPS) is 10.8. The van der Waals surface area contributed by atoms with Crippen LogP contribution in [0.15, 0.2) is 12.4 Å². The number of halogens is 2. The van der Waals surface area contributed by atoms with Crippen LogP contribution in [0.25, 0.3) is 0 Å². The maximum Gasteiger partial charge on any atom is 0.320 e. The Morgan fingerprint density at radius 1 is 1.70 bits per heavy atom. The van der Waals surface area contributed by atoms with Crippen LogP contribution >= 0.6 is 0 Å². The summed E-state index contributed by atoms with van der Waals surface area (Å²) < 4.78 is 24.3. The van der Waals surface area contributed by atoms with Crippen molar-refractivity contribution in [3.63, 3.8) is 0 Å². The summed E-state index contributed by atoms with van der Waals surface area (Å²) in [7, 11) is 0. The van der Waals surface area contributed by atoms with Crippen molar-refractivity contribution in [2.75, 3.05) is 0 Å². The average molecular weight is 148 g/mol. The lowest BCUT2D eigenvalue weighted by Gasteiger charge is -2.01. The van der Waals surface area contributed by atoms with Crippen molar-refractivity contribution in [2.24, 2.45) is 0 Å². The van der Waals surface area contributed by atoms with Crippen LogP contribution in [0.5, 0.6) is 0 Å². The molecular formula is C5H6F2N2O. The Kier molecular flexibility index (Phi) is 1.96. The van der Waals surface area contributed by atoms with E-state index in [2.05, 4.69) is 4.98 Å². The lowest BCUT2D eigenvalue weighted by Crippen LogP contribution is -2.02. The maximum absolute atomic E-state index is 11.9. The molecule has 0 spiro atoms. The van der Waals surface area contributed by atoms with Crippen LogP contribution in [-0.2, 0) is 6.61 Å². The highest BCUT2D eigenvalue weighted by molar-refractivity contribution is 4.90. The van der Waals surface area contributed by atoms with E-state index in [1.165, 1.54) is 6.20 Å². The molecule has 0 unspecified atom stereocenters. The van der Waals surface area contributed by atoms with E-state index in [4.69, 9.17) is 5.11 Å². The zero-order valence-corrected chi connectivity index (χ0v) is 5.04. The molecule has 10 heavy (non-hydrogen) atoms. The molecule has 0 saturated carbocycles. The van der Waals surface area contributed by atoms with Crippen LogP contribution in [0.1, 0.15) is 12.4 Å². The van der Waals surface area contributed by atoms with Gasteiger partial charge >= 0.3 is 6.55 Å². The first kappa shape index (κ1) is 7.14. The minimum atomic E-state index is -2.62. The SMILES string of the molecule is OCc1nccn1C(F)F. The van der Waals surface area contributed by atoms with Gasteiger partial charge in [0.15, 0.2) is 0 Å². The van der Waals surface area contributed by atoms with Gasteiger partial charge < -0.3 is 5.11 Å². The minimum absolute atomic E-state index is 0.0185. The number of alkyl halides is 2. The fourth-order valence-corrected chi connectivity index (χ4v) is 0.644. The Labute approximate surface area is 55.9 Å².